The van der Waals surface area contributed by atoms with Crippen LogP contribution in [-0.2, 0) is 0 Å². The highest BCUT2D eigenvalue weighted by molar-refractivity contribution is 5.28. The Bertz CT molecular complexity index is 230. The first-order valence-electron chi connectivity index (χ1n) is 5.10. The lowest BCUT2D eigenvalue weighted by Gasteiger charge is -2.04. The van der Waals surface area contributed by atoms with Gasteiger partial charge in [-0.1, -0.05) is 26.2 Å². The van der Waals surface area contributed by atoms with Crippen molar-refractivity contribution in [1.29, 1.82) is 0 Å². The van der Waals surface area contributed by atoms with Gasteiger partial charge in [-0.25, -0.2) is 0 Å². The molecule has 0 unspecified atom stereocenters. The van der Waals surface area contributed by atoms with Crippen molar-refractivity contribution in [2.24, 2.45) is 0 Å². The van der Waals surface area contributed by atoms with Crippen LogP contribution in [0.1, 0.15) is 38.2 Å². The highest BCUT2D eigenvalue weighted by Gasteiger charge is 1.98. The maximum absolute atomic E-state index is 5.59. The number of unbranched alkanes of at least 4 members (excludes halogenated alkanes) is 3. The molecule has 74 valence electrons. The molecular weight excluding hydrogens is 162 g/mol. The second-order valence-corrected chi connectivity index (χ2v) is 3.41. The minimum atomic E-state index is 0.846. The molecule has 0 atom stereocenters. The number of aromatic amines is 1. The van der Waals surface area contributed by atoms with Crippen molar-refractivity contribution in [3.05, 3.63) is 18.0 Å². The van der Waals surface area contributed by atoms with Crippen LogP contribution in [0.15, 0.2) is 12.4 Å². The Labute approximate surface area is 80.3 Å². The molecule has 0 radical (unpaired) electrons. The van der Waals surface area contributed by atoms with Crippen LogP contribution in [0.25, 0.3) is 0 Å². The lowest BCUT2D eigenvalue weighted by Crippen LogP contribution is -1.96. The Kier molecular flexibility index (Phi) is 4.44. The fourth-order valence-electron chi connectivity index (χ4n) is 1.29. The van der Waals surface area contributed by atoms with Crippen molar-refractivity contribution >= 4 is 0 Å². The Morgan fingerprint density at radius 3 is 2.69 bits per heavy atom. The quantitative estimate of drug-likeness (QED) is 0.669. The summed E-state index contributed by atoms with van der Waals surface area (Å²) in [5.41, 5.74) is 1.19. The number of aryl methyl sites for hydroxylation is 1. The van der Waals surface area contributed by atoms with E-state index in [4.69, 9.17) is 4.74 Å². The fraction of sp³-hybridized carbons (Fsp3) is 0.636. The molecule has 0 aliphatic carbocycles. The summed E-state index contributed by atoms with van der Waals surface area (Å²) in [6.07, 6.45) is 8.91. The number of ether oxygens (including phenoxy) is 1. The third-order valence-corrected chi connectivity index (χ3v) is 2.16. The number of nitrogens with one attached hydrogen (secondary N) is 1. The maximum Gasteiger partial charge on any atom is 0.139 e. The molecular formula is C11H19NO. The van der Waals surface area contributed by atoms with Crippen molar-refractivity contribution in [3.63, 3.8) is 0 Å². The lowest BCUT2D eigenvalue weighted by atomic mass is 10.2. The molecule has 1 aromatic rings. The molecule has 2 nitrogen and oxygen atoms in total. The molecule has 0 saturated heterocycles. The Morgan fingerprint density at radius 1 is 1.23 bits per heavy atom. The van der Waals surface area contributed by atoms with Gasteiger partial charge in [0, 0.05) is 18.0 Å². The highest BCUT2D eigenvalue weighted by Crippen LogP contribution is 2.15. The normalized spacial score (nSPS) is 10.3. The van der Waals surface area contributed by atoms with E-state index in [1.54, 1.807) is 0 Å². The fourth-order valence-corrected chi connectivity index (χ4v) is 1.29. The lowest BCUT2D eigenvalue weighted by molar-refractivity contribution is 0.303. The molecule has 0 aliphatic heterocycles. The Balaban J connectivity index is 2.10. The van der Waals surface area contributed by atoms with Gasteiger partial charge in [-0.3, -0.25) is 0 Å². The molecule has 2 heteroatoms. The van der Waals surface area contributed by atoms with Crippen LogP contribution in [0, 0.1) is 6.92 Å². The summed E-state index contributed by atoms with van der Waals surface area (Å²) in [5, 5.41) is 0. The minimum Gasteiger partial charge on any atom is -0.492 e. The second-order valence-electron chi connectivity index (χ2n) is 3.41. The van der Waals surface area contributed by atoms with Crippen LogP contribution in [0.3, 0.4) is 0 Å². The number of aromatic nitrogens is 1. The number of H-pyrrole nitrogens is 1. The molecule has 1 N–H and O–H groups in total. The monoisotopic (exact) mass is 181 g/mol. The number of rotatable bonds is 6. The molecule has 0 aromatic carbocycles. The summed E-state index contributed by atoms with van der Waals surface area (Å²) in [5.74, 6) is 0.997. The second kappa shape index (κ2) is 5.68. The third kappa shape index (κ3) is 3.53. The zero-order chi connectivity index (χ0) is 9.52. The molecule has 1 heterocycles. The van der Waals surface area contributed by atoms with Gasteiger partial charge in [-0.2, -0.15) is 0 Å². The first kappa shape index (κ1) is 10.2. The standard InChI is InChI=1S/C11H19NO/c1-3-4-5-6-7-13-11-9-12-8-10(11)2/h8-9,12H,3-7H2,1-2H3. The molecule has 13 heavy (non-hydrogen) atoms. The van der Waals surface area contributed by atoms with Gasteiger partial charge in [0.15, 0.2) is 0 Å². The zero-order valence-corrected chi connectivity index (χ0v) is 8.60. The van der Waals surface area contributed by atoms with Gasteiger partial charge >= 0.3 is 0 Å². The number of hydrogen-bond donors (Lipinski definition) is 1. The van der Waals surface area contributed by atoms with Gasteiger partial charge in [0.05, 0.1) is 6.61 Å². The highest BCUT2D eigenvalue weighted by atomic mass is 16.5. The minimum absolute atomic E-state index is 0.846. The third-order valence-electron chi connectivity index (χ3n) is 2.16. The van der Waals surface area contributed by atoms with Gasteiger partial charge in [-0.15, -0.1) is 0 Å². The molecule has 0 bridgehead atoms. The van der Waals surface area contributed by atoms with E-state index < -0.39 is 0 Å². The summed E-state index contributed by atoms with van der Waals surface area (Å²) >= 11 is 0. The van der Waals surface area contributed by atoms with E-state index in [1.165, 1.54) is 31.2 Å². The van der Waals surface area contributed by atoms with E-state index >= 15 is 0 Å². The smallest absolute Gasteiger partial charge is 0.139 e. The van der Waals surface area contributed by atoms with Crippen molar-refractivity contribution in [3.8, 4) is 5.75 Å². The van der Waals surface area contributed by atoms with Crippen molar-refractivity contribution in [2.45, 2.75) is 39.5 Å². The summed E-state index contributed by atoms with van der Waals surface area (Å²) in [7, 11) is 0. The summed E-state index contributed by atoms with van der Waals surface area (Å²) < 4.78 is 5.59. The van der Waals surface area contributed by atoms with Crippen molar-refractivity contribution < 1.29 is 4.74 Å². The Morgan fingerprint density at radius 2 is 2.08 bits per heavy atom. The predicted octanol–water partition coefficient (Wildman–Crippen LogP) is 3.28. The summed E-state index contributed by atoms with van der Waals surface area (Å²) in [6.45, 7) is 5.12. The van der Waals surface area contributed by atoms with Gasteiger partial charge in [0.2, 0.25) is 0 Å². The molecule has 1 aromatic heterocycles. The topological polar surface area (TPSA) is 25.0 Å². The van der Waals surface area contributed by atoms with Crippen LogP contribution >= 0.6 is 0 Å². The van der Waals surface area contributed by atoms with E-state index in [0.717, 1.165) is 12.4 Å². The van der Waals surface area contributed by atoms with Gasteiger partial charge in [0.25, 0.3) is 0 Å². The number of hydrogen-bond acceptors (Lipinski definition) is 1. The van der Waals surface area contributed by atoms with Crippen LogP contribution in [0.5, 0.6) is 5.75 Å². The molecule has 1 rings (SSSR count). The predicted molar refractivity (Wildman–Crippen MR) is 55.2 cm³/mol. The van der Waals surface area contributed by atoms with E-state index in [2.05, 4.69) is 18.8 Å². The van der Waals surface area contributed by atoms with Crippen LogP contribution in [0.4, 0.5) is 0 Å². The molecule has 0 fully saturated rings. The van der Waals surface area contributed by atoms with E-state index in [0.29, 0.717) is 0 Å². The van der Waals surface area contributed by atoms with E-state index in [1.807, 2.05) is 12.4 Å². The van der Waals surface area contributed by atoms with Crippen molar-refractivity contribution in [1.82, 2.24) is 4.98 Å². The molecule has 0 amide bonds. The molecule has 0 spiro atoms. The average molecular weight is 181 g/mol. The van der Waals surface area contributed by atoms with Crippen LogP contribution in [-0.4, -0.2) is 11.6 Å². The van der Waals surface area contributed by atoms with Crippen LogP contribution in [0.2, 0.25) is 0 Å². The van der Waals surface area contributed by atoms with Gasteiger partial charge in [0.1, 0.15) is 5.75 Å². The van der Waals surface area contributed by atoms with E-state index in [9.17, 15) is 0 Å². The summed E-state index contributed by atoms with van der Waals surface area (Å²) in [6, 6.07) is 0. The zero-order valence-electron chi connectivity index (χ0n) is 8.60. The van der Waals surface area contributed by atoms with E-state index in [-0.39, 0.29) is 0 Å². The van der Waals surface area contributed by atoms with Crippen molar-refractivity contribution in [2.75, 3.05) is 6.61 Å². The first-order valence-corrected chi connectivity index (χ1v) is 5.10. The first-order chi connectivity index (χ1) is 6.34. The largest absolute Gasteiger partial charge is 0.492 e. The molecule has 0 saturated carbocycles. The SMILES string of the molecule is CCCCCCOc1c[nH]cc1C. The van der Waals surface area contributed by atoms with Crippen LogP contribution < -0.4 is 4.74 Å². The molecule has 0 aliphatic rings. The maximum atomic E-state index is 5.59. The average Bonchev–Trinajstić information content (AvgIpc) is 2.52. The van der Waals surface area contributed by atoms with Gasteiger partial charge < -0.3 is 9.72 Å². The Hall–Kier alpha value is -0.920. The van der Waals surface area contributed by atoms with Gasteiger partial charge in [-0.05, 0) is 13.3 Å². The summed E-state index contributed by atoms with van der Waals surface area (Å²) in [4.78, 5) is 3.03.